The van der Waals surface area contributed by atoms with Crippen molar-refractivity contribution in [3.8, 4) is 11.5 Å². The van der Waals surface area contributed by atoms with Crippen molar-refractivity contribution in [3.05, 3.63) is 22.7 Å². The summed E-state index contributed by atoms with van der Waals surface area (Å²) in [7, 11) is 0. The van der Waals surface area contributed by atoms with Crippen molar-refractivity contribution in [2.45, 2.75) is 12.8 Å². The van der Waals surface area contributed by atoms with E-state index in [0.717, 1.165) is 5.56 Å². The Morgan fingerprint density at radius 3 is 3.00 bits per heavy atom. The fourth-order valence-corrected chi connectivity index (χ4v) is 1.70. The third-order valence-electron chi connectivity index (χ3n) is 2.11. The van der Waals surface area contributed by atoms with Gasteiger partial charge in [0.1, 0.15) is 0 Å². The van der Waals surface area contributed by atoms with Crippen molar-refractivity contribution >= 4 is 17.6 Å². The molecule has 0 aromatic heterocycles. The summed E-state index contributed by atoms with van der Waals surface area (Å²) in [5, 5.41) is 9.01. The molecule has 0 saturated heterocycles. The molecule has 4 nitrogen and oxygen atoms in total. The summed E-state index contributed by atoms with van der Waals surface area (Å²) in [6, 6.07) is 3.47. The van der Waals surface area contributed by atoms with Crippen LogP contribution in [0.15, 0.2) is 12.1 Å². The van der Waals surface area contributed by atoms with E-state index in [-0.39, 0.29) is 13.2 Å². The lowest BCUT2D eigenvalue weighted by Gasteiger charge is -2.03. The average molecular weight is 229 g/mol. The maximum absolute atomic E-state index is 10.4. The first kappa shape index (κ1) is 10.1. The molecular formula is C10H9ClO4. The molecule has 1 aliphatic heterocycles. The van der Waals surface area contributed by atoms with Crippen LogP contribution < -0.4 is 9.47 Å². The molecule has 0 unspecified atom stereocenters. The second-order valence-electron chi connectivity index (χ2n) is 3.21. The van der Waals surface area contributed by atoms with Crippen LogP contribution in [0.1, 0.15) is 12.0 Å². The van der Waals surface area contributed by atoms with E-state index in [1.807, 2.05) is 0 Å². The minimum Gasteiger partial charge on any atom is -0.481 e. The molecule has 0 radical (unpaired) electrons. The number of hydrogen-bond donors (Lipinski definition) is 1. The third-order valence-corrected chi connectivity index (χ3v) is 2.40. The molecule has 0 atom stereocenters. The fraction of sp³-hybridized carbons (Fsp3) is 0.300. The van der Waals surface area contributed by atoms with E-state index in [1.54, 1.807) is 12.1 Å². The van der Waals surface area contributed by atoms with Crippen molar-refractivity contribution < 1.29 is 19.4 Å². The Morgan fingerprint density at radius 1 is 1.47 bits per heavy atom. The number of halogens is 1. The molecule has 1 aromatic rings. The Morgan fingerprint density at radius 2 is 2.27 bits per heavy atom. The highest BCUT2D eigenvalue weighted by Crippen LogP contribution is 2.39. The Labute approximate surface area is 91.4 Å². The molecule has 5 heteroatoms. The Bertz CT molecular complexity index is 403. The van der Waals surface area contributed by atoms with Gasteiger partial charge in [-0.25, -0.2) is 0 Å². The normalized spacial score (nSPS) is 12.9. The van der Waals surface area contributed by atoms with Crippen LogP contribution in [0.3, 0.4) is 0 Å². The van der Waals surface area contributed by atoms with Gasteiger partial charge in [-0.3, -0.25) is 4.79 Å². The molecule has 1 heterocycles. The van der Waals surface area contributed by atoms with E-state index in [1.165, 1.54) is 0 Å². The van der Waals surface area contributed by atoms with Crippen molar-refractivity contribution in [3.63, 3.8) is 0 Å². The molecule has 1 N–H and O–H groups in total. The first-order valence-electron chi connectivity index (χ1n) is 4.46. The first-order valence-corrected chi connectivity index (χ1v) is 4.84. The number of carboxylic acid groups (broad SMARTS) is 1. The minimum atomic E-state index is -0.830. The largest absolute Gasteiger partial charge is 0.481 e. The number of ether oxygens (including phenoxy) is 2. The van der Waals surface area contributed by atoms with Gasteiger partial charge in [0.2, 0.25) is 6.79 Å². The van der Waals surface area contributed by atoms with Crippen LogP contribution in [0, 0.1) is 0 Å². The Hall–Kier alpha value is -1.42. The Balaban J connectivity index is 2.20. The summed E-state index contributed by atoms with van der Waals surface area (Å²) >= 11 is 5.94. The quantitative estimate of drug-likeness (QED) is 0.861. The van der Waals surface area contributed by atoms with Gasteiger partial charge in [0, 0.05) is 6.42 Å². The summed E-state index contributed by atoms with van der Waals surface area (Å²) in [5.41, 5.74) is 0.839. The number of hydrogen-bond acceptors (Lipinski definition) is 3. The highest BCUT2D eigenvalue weighted by molar-refractivity contribution is 6.32. The van der Waals surface area contributed by atoms with E-state index in [2.05, 4.69) is 0 Å². The lowest BCUT2D eigenvalue weighted by molar-refractivity contribution is -0.136. The van der Waals surface area contributed by atoms with Crippen molar-refractivity contribution in [2.75, 3.05) is 6.79 Å². The van der Waals surface area contributed by atoms with Gasteiger partial charge in [-0.15, -0.1) is 0 Å². The summed E-state index contributed by atoms with van der Waals surface area (Å²) in [6.07, 6.45) is 0.516. The van der Waals surface area contributed by atoms with Gasteiger partial charge in [0.05, 0.1) is 5.02 Å². The van der Waals surface area contributed by atoms with Crippen molar-refractivity contribution in [1.82, 2.24) is 0 Å². The van der Waals surface area contributed by atoms with Gasteiger partial charge in [-0.1, -0.05) is 11.6 Å². The summed E-state index contributed by atoms with van der Waals surface area (Å²) in [5.74, 6) is 0.294. The molecule has 0 amide bonds. The zero-order valence-corrected chi connectivity index (χ0v) is 8.58. The van der Waals surface area contributed by atoms with Crippen LogP contribution in [0.25, 0.3) is 0 Å². The number of rotatable bonds is 3. The maximum Gasteiger partial charge on any atom is 0.303 e. The standard InChI is InChI=1S/C10H9ClO4/c11-7-3-6(1-2-9(12)13)4-8-10(7)15-5-14-8/h3-4H,1-2,5H2,(H,12,13). The highest BCUT2D eigenvalue weighted by atomic mass is 35.5. The molecule has 0 saturated carbocycles. The van der Waals surface area contributed by atoms with Gasteiger partial charge in [0.15, 0.2) is 11.5 Å². The van der Waals surface area contributed by atoms with Gasteiger partial charge in [-0.2, -0.15) is 0 Å². The molecule has 0 spiro atoms. The van der Waals surface area contributed by atoms with E-state index < -0.39 is 5.97 Å². The van der Waals surface area contributed by atoms with E-state index in [0.29, 0.717) is 22.9 Å². The second kappa shape index (κ2) is 3.98. The van der Waals surface area contributed by atoms with E-state index in [9.17, 15) is 4.79 Å². The fourth-order valence-electron chi connectivity index (χ4n) is 1.42. The van der Waals surface area contributed by atoms with Crippen LogP contribution in [-0.2, 0) is 11.2 Å². The maximum atomic E-state index is 10.4. The Kier molecular flexibility index (Phi) is 2.68. The van der Waals surface area contributed by atoms with E-state index >= 15 is 0 Å². The molecule has 0 bridgehead atoms. The predicted molar refractivity (Wildman–Crippen MR) is 53.5 cm³/mol. The topological polar surface area (TPSA) is 55.8 Å². The van der Waals surface area contributed by atoms with Gasteiger partial charge < -0.3 is 14.6 Å². The molecule has 0 fully saturated rings. The molecular weight excluding hydrogens is 220 g/mol. The van der Waals surface area contributed by atoms with Gasteiger partial charge in [0.25, 0.3) is 0 Å². The number of aliphatic carboxylic acids is 1. The van der Waals surface area contributed by atoms with Crippen LogP contribution in [0.5, 0.6) is 11.5 Å². The zero-order chi connectivity index (χ0) is 10.8. The molecule has 1 aromatic carbocycles. The number of aryl methyl sites for hydroxylation is 1. The van der Waals surface area contributed by atoms with Gasteiger partial charge in [-0.05, 0) is 24.1 Å². The van der Waals surface area contributed by atoms with Crippen LogP contribution in [0.2, 0.25) is 5.02 Å². The molecule has 2 rings (SSSR count). The summed E-state index contributed by atoms with van der Waals surface area (Å²) < 4.78 is 10.3. The van der Waals surface area contributed by atoms with Gasteiger partial charge >= 0.3 is 5.97 Å². The van der Waals surface area contributed by atoms with Crippen LogP contribution in [-0.4, -0.2) is 17.9 Å². The SMILES string of the molecule is O=C(O)CCc1cc(Cl)c2c(c1)OCO2. The second-order valence-corrected chi connectivity index (χ2v) is 3.61. The number of fused-ring (bicyclic) bond motifs is 1. The molecule has 0 aliphatic carbocycles. The molecule has 1 aliphatic rings. The number of carboxylic acids is 1. The van der Waals surface area contributed by atoms with Crippen molar-refractivity contribution in [1.29, 1.82) is 0 Å². The predicted octanol–water partition coefficient (Wildman–Crippen LogP) is 2.09. The monoisotopic (exact) mass is 228 g/mol. The number of benzene rings is 1. The summed E-state index contributed by atoms with van der Waals surface area (Å²) in [4.78, 5) is 10.4. The lowest BCUT2D eigenvalue weighted by Crippen LogP contribution is -1.97. The van der Waals surface area contributed by atoms with Crippen LogP contribution >= 0.6 is 11.6 Å². The number of carbonyl (C=O) groups is 1. The smallest absolute Gasteiger partial charge is 0.303 e. The third kappa shape index (κ3) is 2.15. The summed E-state index contributed by atoms with van der Waals surface area (Å²) in [6.45, 7) is 0.164. The minimum absolute atomic E-state index is 0.0793. The van der Waals surface area contributed by atoms with Crippen LogP contribution in [0.4, 0.5) is 0 Å². The molecule has 15 heavy (non-hydrogen) atoms. The van der Waals surface area contributed by atoms with Crippen molar-refractivity contribution in [2.24, 2.45) is 0 Å². The molecule has 80 valence electrons. The zero-order valence-electron chi connectivity index (χ0n) is 7.83. The van der Waals surface area contributed by atoms with E-state index in [4.69, 9.17) is 26.2 Å². The highest BCUT2D eigenvalue weighted by Gasteiger charge is 2.18. The lowest BCUT2D eigenvalue weighted by atomic mass is 10.1. The first-order chi connectivity index (χ1) is 7.16. The average Bonchev–Trinajstić information content (AvgIpc) is 2.63.